The number of benzene rings is 3. The maximum absolute atomic E-state index is 12.7. The molecule has 0 unspecified atom stereocenters. The monoisotopic (exact) mass is 475 g/mol. The SMILES string of the molecule is CCOc1cc(CNc2ccccc2)cc(Br)c1OS(=O)(=O)c1ccc(C)cc1. The Hall–Kier alpha value is -2.51. The lowest BCUT2D eigenvalue weighted by atomic mass is 10.2. The number of nitrogens with one attached hydrogen (secondary N) is 1. The van der Waals surface area contributed by atoms with Gasteiger partial charge in [-0.25, -0.2) is 0 Å². The lowest BCUT2D eigenvalue weighted by Gasteiger charge is -2.16. The molecule has 3 aromatic carbocycles. The Labute approximate surface area is 179 Å². The van der Waals surface area contributed by atoms with Gasteiger partial charge >= 0.3 is 10.1 Å². The van der Waals surface area contributed by atoms with Crippen LogP contribution >= 0.6 is 15.9 Å². The average molecular weight is 476 g/mol. The van der Waals surface area contributed by atoms with E-state index in [1.54, 1.807) is 18.2 Å². The summed E-state index contributed by atoms with van der Waals surface area (Å²) in [4.78, 5) is 0.0901. The van der Waals surface area contributed by atoms with Gasteiger partial charge in [0, 0.05) is 12.2 Å². The Morgan fingerprint density at radius 2 is 1.69 bits per heavy atom. The average Bonchev–Trinajstić information content (AvgIpc) is 2.70. The summed E-state index contributed by atoms with van der Waals surface area (Å²) in [6.45, 7) is 4.65. The largest absolute Gasteiger partial charge is 0.490 e. The normalized spacial score (nSPS) is 11.1. The van der Waals surface area contributed by atoms with Crippen molar-refractivity contribution in [2.24, 2.45) is 0 Å². The van der Waals surface area contributed by atoms with Crippen LogP contribution in [-0.4, -0.2) is 15.0 Å². The topological polar surface area (TPSA) is 64.6 Å². The molecule has 0 aliphatic carbocycles. The minimum atomic E-state index is -3.99. The van der Waals surface area contributed by atoms with Crippen LogP contribution in [0.4, 0.5) is 5.69 Å². The number of rotatable bonds is 8. The van der Waals surface area contributed by atoms with Gasteiger partial charge in [0.15, 0.2) is 11.5 Å². The van der Waals surface area contributed by atoms with Gasteiger partial charge in [0.2, 0.25) is 0 Å². The second kappa shape index (κ2) is 9.33. The molecule has 7 heteroatoms. The summed E-state index contributed by atoms with van der Waals surface area (Å²) >= 11 is 3.43. The van der Waals surface area contributed by atoms with Crippen LogP contribution < -0.4 is 14.2 Å². The Bertz CT molecular complexity index is 1070. The summed E-state index contributed by atoms with van der Waals surface area (Å²) in [5.41, 5.74) is 2.88. The van der Waals surface area contributed by atoms with Gasteiger partial charge in [0.1, 0.15) is 4.90 Å². The summed E-state index contributed by atoms with van der Waals surface area (Å²) in [5, 5.41) is 3.32. The van der Waals surface area contributed by atoms with Gasteiger partial charge in [-0.3, -0.25) is 0 Å². The van der Waals surface area contributed by atoms with E-state index < -0.39 is 10.1 Å². The quantitative estimate of drug-likeness (QED) is 0.433. The lowest BCUT2D eigenvalue weighted by Crippen LogP contribution is -2.12. The van der Waals surface area contributed by atoms with Crippen LogP contribution in [0.2, 0.25) is 0 Å². The van der Waals surface area contributed by atoms with E-state index in [1.165, 1.54) is 12.1 Å². The van der Waals surface area contributed by atoms with E-state index in [2.05, 4.69) is 21.2 Å². The van der Waals surface area contributed by atoms with Gasteiger partial charge in [-0.1, -0.05) is 35.9 Å². The second-order valence-electron chi connectivity index (χ2n) is 6.41. The molecular formula is C22H22BrNO4S. The summed E-state index contributed by atoms with van der Waals surface area (Å²) in [7, 11) is -3.99. The standard InChI is InChI=1S/C22H22BrNO4S/c1-3-27-21-14-17(15-24-18-7-5-4-6-8-18)13-20(23)22(21)28-29(25,26)19-11-9-16(2)10-12-19/h4-14,24H,3,15H2,1-2H3. The first-order chi connectivity index (χ1) is 13.9. The molecule has 0 aliphatic rings. The summed E-state index contributed by atoms with van der Waals surface area (Å²) < 4.78 is 37.0. The van der Waals surface area contributed by atoms with Crippen molar-refractivity contribution < 1.29 is 17.3 Å². The highest BCUT2D eigenvalue weighted by molar-refractivity contribution is 9.10. The highest BCUT2D eigenvalue weighted by Crippen LogP contribution is 2.39. The molecule has 0 atom stereocenters. The van der Waals surface area contributed by atoms with Gasteiger partial charge < -0.3 is 14.2 Å². The van der Waals surface area contributed by atoms with E-state index in [4.69, 9.17) is 8.92 Å². The highest BCUT2D eigenvalue weighted by Gasteiger charge is 2.22. The van der Waals surface area contributed by atoms with Gasteiger partial charge in [-0.05, 0) is 71.7 Å². The van der Waals surface area contributed by atoms with Crippen LogP contribution in [0.1, 0.15) is 18.1 Å². The number of anilines is 1. The third-order valence-electron chi connectivity index (χ3n) is 4.14. The minimum absolute atomic E-state index is 0.0901. The van der Waals surface area contributed by atoms with Crippen molar-refractivity contribution in [3.8, 4) is 11.5 Å². The molecule has 0 bridgehead atoms. The van der Waals surface area contributed by atoms with E-state index in [1.807, 2.05) is 50.2 Å². The molecule has 5 nitrogen and oxygen atoms in total. The molecule has 1 N–H and O–H groups in total. The van der Waals surface area contributed by atoms with Crippen molar-refractivity contribution in [3.05, 3.63) is 82.3 Å². The molecule has 3 rings (SSSR count). The van der Waals surface area contributed by atoms with Gasteiger partial charge in [0.25, 0.3) is 0 Å². The molecule has 0 saturated heterocycles. The fourth-order valence-corrected chi connectivity index (χ4v) is 4.32. The molecule has 0 aliphatic heterocycles. The van der Waals surface area contributed by atoms with Crippen molar-refractivity contribution in [1.82, 2.24) is 0 Å². The zero-order valence-electron chi connectivity index (χ0n) is 16.2. The molecule has 152 valence electrons. The molecule has 0 spiro atoms. The second-order valence-corrected chi connectivity index (χ2v) is 8.81. The molecule has 0 aromatic heterocycles. The third kappa shape index (κ3) is 5.52. The van der Waals surface area contributed by atoms with Gasteiger partial charge in [0.05, 0.1) is 11.1 Å². The first kappa shape index (κ1) is 21.2. The van der Waals surface area contributed by atoms with E-state index >= 15 is 0 Å². The van der Waals surface area contributed by atoms with Crippen molar-refractivity contribution in [3.63, 3.8) is 0 Å². The minimum Gasteiger partial charge on any atom is -0.490 e. The Morgan fingerprint density at radius 1 is 1.00 bits per heavy atom. The number of hydrogen-bond acceptors (Lipinski definition) is 5. The zero-order valence-corrected chi connectivity index (χ0v) is 18.6. The summed E-state index contributed by atoms with van der Waals surface area (Å²) in [5.74, 6) is 0.498. The van der Waals surface area contributed by atoms with E-state index in [9.17, 15) is 8.42 Å². The fraction of sp³-hybridized carbons (Fsp3) is 0.182. The van der Waals surface area contributed by atoms with Crippen molar-refractivity contribution in [2.45, 2.75) is 25.3 Å². The Balaban J connectivity index is 1.87. The summed E-state index contributed by atoms with van der Waals surface area (Å²) in [6, 6.07) is 19.9. The first-order valence-electron chi connectivity index (χ1n) is 9.14. The number of halogens is 1. The van der Waals surface area contributed by atoms with Gasteiger partial charge in [-0.2, -0.15) is 8.42 Å². The Morgan fingerprint density at radius 3 is 2.34 bits per heavy atom. The summed E-state index contributed by atoms with van der Waals surface area (Å²) in [6.07, 6.45) is 0. The van der Waals surface area contributed by atoms with Crippen LogP contribution in [0, 0.1) is 6.92 Å². The van der Waals surface area contributed by atoms with E-state index in [-0.39, 0.29) is 10.6 Å². The zero-order chi connectivity index (χ0) is 20.9. The molecule has 0 amide bonds. The molecule has 0 heterocycles. The fourth-order valence-electron chi connectivity index (χ4n) is 2.69. The van der Waals surface area contributed by atoms with Crippen molar-refractivity contribution in [2.75, 3.05) is 11.9 Å². The molecule has 29 heavy (non-hydrogen) atoms. The van der Waals surface area contributed by atoms with Crippen LogP contribution in [0.15, 0.2) is 76.1 Å². The van der Waals surface area contributed by atoms with Crippen LogP contribution in [0.3, 0.4) is 0 Å². The lowest BCUT2D eigenvalue weighted by molar-refractivity contribution is 0.326. The van der Waals surface area contributed by atoms with E-state index in [0.29, 0.717) is 23.4 Å². The Kier molecular flexibility index (Phi) is 6.82. The van der Waals surface area contributed by atoms with Gasteiger partial charge in [-0.15, -0.1) is 0 Å². The van der Waals surface area contributed by atoms with Crippen LogP contribution in [0.5, 0.6) is 11.5 Å². The first-order valence-corrected chi connectivity index (χ1v) is 11.3. The number of aryl methyl sites for hydroxylation is 1. The maximum atomic E-state index is 12.7. The predicted octanol–water partition coefficient (Wildman–Crippen LogP) is 5.54. The number of para-hydroxylation sites is 1. The third-order valence-corrected chi connectivity index (χ3v) is 5.97. The van der Waals surface area contributed by atoms with Crippen LogP contribution in [-0.2, 0) is 16.7 Å². The van der Waals surface area contributed by atoms with Crippen LogP contribution in [0.25, 0.3) is 0 Å². The maximum Gasteiger partial charge on any atom is 0.339 e. The highest BCUT2D eigenvalue weighted by atomic mass is 79.9. The molecule has 0 radical (unpaired) electrons. The predicted molar refractivity (Wildman–Crippen MR) is 118 cm³/mol. The van der Waals surface area contributed by atoms with Crippen molar-refractivity contribution >= 4 is 31.7 Å². The van der Waals surface area contributed by atoms with Crippen molar-refractivity contribution in [1.29, 1.82) is 0 Å². The smallest absolute Gasteiger partial charge is 0.339 e. The molecule has 0 saturated carbocycles. The number of ether oxygens (including phenoxy) is 1. The molecule has 3 aromatic rings. The number of hydrogen-bond donors (Lipinski definition) is 1. The molecular weight excluding hydrogens is 454 g/mol. The molecule has 0 fully saturated rings. The van der Waals surface area contributed by atoms with E-state index in [0.717, 1.165) is 16.8 Å².